The minimum Gasteiger partial charge on any atom is -0.355 e. The third-order valence-corrected chi connectivity index (χ3v) is 5.55. The van der Waals surface area contributed by atoms with E-state index in [1.165, 1.54) is 29.4 Å². The molecule has 0 saturated heterocycles. The Kier molecular flexibility index (Phi) is 6.05. The molecule has 2 aromatic carbocycles. The van der Waals surface area contributed by atoms with E-state index in [1.54, 1.807) is 31.2 Å². The molecule has 1 aliphatic rings. The molecule has 164 valence electrons. The Bertz CT molecular complexity index is 1230. The topological polar surface area (TPSA) is 91.4 Å². The molecule has 0 spiro atoms. The van der Waals surface area contributed by atoms with Gasteiger partial charge in [-0.3, -0.25) is 19.4 Å². The number of carbonyl (C=O) groups excluding carboxylic acids is 3. The number of rotatable bonds is 5. The highest BCUT2D eigenvalue weighted by Gasteiger charge is 2.36. The third-order valence-electron chi connectivity index (χ3n) is 5.31. The lowest BCUT2D eigenvalue weighted by Crippen LogP contribution is -2.47. The summed E-state index contributed by atoms with van der Waals surface area (Å²) in [6.07, 6.45) is 2.99. The number of carbonyl (C=O) groups is 3. The molecule has 1 aliphatic heterocycles. The summed E-state index contributed by atoms with van der Waals surface area (Å²) in [7, 11) is 0. The van der Waals surface area contributed by atoms with Crippen molar-refractivity contribution >= 4 is 45.8 Å². The van der Waals surface area contributed by atoms with E-state index in [0.29, 0.717) is 39.2 Å². The zero-order chi connectivity index (χ0) is 22.8. The lowest BCUT2D eigenvalue weighted by molar-refractivity contribution is -0.123. The number of pyridine rings is 1. The van der Waals surface area contributed by atoms with E-state index in [-0.39, 0.29) is 30.8 Å². The quantitative estimate of drug-likeness (QED) is 0.618. The fourth-order valence-electron chi connectivity index (χ4n) is 3.84. The van der Waals surface area contributed by atoms with Crippen LogP contribution in [0.1, 0.15) is 28.8 Å². The molecular weight excluding hydrogens is 435 g/mol. The van der Waals surface area contributed by atoms with Gasteiger partial charge in [-0.2, -0.15) is 0 Å². The van der Waals surface area contributed by atoms with Crippen LogP contribution in [0.3, 0.4) is 0 Å². The second-order valence-electron chi connectivity index (χ2n) is 7.47. The minimum atomic E-state index is -0.758. The van der Waals surface area contributed by atoms with E-state index in [0.717, 1.165) is 0 Å². The largest absolute Gasteiger partial charge is 0.355 e. The van der Waals surface area contributed by atoms with Gasteiger partial charge in [0.05, 0.1) is 24.3 Å². The number of fused-ring (bicyclic) bond motifs is 2. The molecule has 3 amide bonds. The molecule has 0 bridgehead atoms. The summed E-state index contributed by atoms with van der Waals surface area (Å²) in [5.41, 5.74) is 1.23. The molecule has 0 saturated carbocycles. The van der Waals surface area contributed by atoms with Crippen molar-refractivity contribution in [2.24, 2.45) is 0 Å². The summed E-state index contributed by atoms with van der Waals surface area (Å²) in [6.45, 7) is 2.08. The number of hydrogen-bond acceptors (Lipinski definition) is 4. The molecule has 1 unspecified atom stereocenters. The van der Waals surface area contributed by atoms with Crippen molar-refractivity contribution in [3.63, 3.8) is 0 Å². The number of aromatic nitrogens is 1. The van der Waals surface area contributed by atoms with Gasteiger partial charge in [0.1, 0.15) is 5.82 Å². The van der Waals surface area contributed by atoms with Crippen LogP contribution in [0.25, 0.3) is 10.8 Å². The average Bonchev–Trinajstić information content (AvgIpc) is 2.75. The first-order chi connectivity index (χ1) is 15.4. The average molecular weight is 455 g/mol. The molecule has 1 aromatic heterocycles. The molecule has 3 aromatic rings. The summed E-state index contributed by atoms with van der Waals surface area (Å²) in [5, 5.41) is 7.08. The molecule has 2 N–H and O–H groups in total. The number of halogens is 2. The Labute approximate surface area is 188 Å². The minimum absolute atomic E-state index is 0.0158. The van der Waals surface area contributed by atoms with Crippen LogP contribution < -0.4 is 10.6 Å². The number of hydrogen-bond donors (Lipinski definition) is 2. The fourth-order valence-corrected chi connectivity index (χ4v) is 4.02. The molecule has 32 heavy (non-hydrogen) atoms. The maximum atomic E-state index is 13.6. The van der Waals surface area contributed by atoms with E-state index in [4.69, 9.17) is 11.6 Å². The standard InChI is InChI=1S/C23H20ClFN4O3/c1-2-27-21(30)12-29-11-19(18-8-14(24)3-5-17(18)23(29)32)22(31)28-20-10-26-9-13-7-15(25)4-6-16(13)20/h3-10,19H,2,11-12H2,1H3,(H,27,30)(H,28,31). The summed E-state index contributed by atoms with van der Waals surface area (Å²) in [6, 6.07) is 8.94. The molecule has 1 atom stereocenters. The van der Waals surface area contributed by atoms with Crippen LogP contribution in [0.2, 0.25) is 5.02 Å². The molecule has 0 fully saturated rings. The van der Waals surface area contributed by atoms with Gasteiger partial charge in [-0.05, 0) is 48.9 Å². The predicted molar refractivity (Wildman–Crippen MR) is 119 cm³/mol. The Morgan fingerprint density at radius 2 is 2.03 bits per heavy atom. The summed E-state index contributed by atoms with van der Waals surface area (Å²) >= 11 is 6.14. The predicted octanol–water partition coefficient (Wildman–Crippen LogP) is 3.34. The maximum Gasteiger partial charge on any atom is 0.254 e. The third kappa shape index (κ3) is 4.27. The van der Waals surface area contributed by atoms with Crippen molar-refractivity contribution < 1.29 is 18.8 Å². The molecule has 9 heteroatoms. The highest BCUT2D eigenvalue weighted by molar-refractivity contribution is 6.30. The van der Waals surface area contributed by atoms with Crippen molar-refractivity contribution in [3.05, 3.63) is 70.8 Å². The number of likely N-dealkylation sites (N-methyl/N-ethyl adjacent to an activating group) is 1. The van der Waals surface area contributed by atoms with Crippen LogP contribution in [0.4, 0.5) is 10.1 Å². The lowest BCUT2D eigenvalue weighted by Gasteiger charge is -2.33. The SMILES string of the molecule is CCNC(=O)CN1CC(C(=O)Nc2cncc3cc(F)ccc23)c2cc(Cl)ccc2C1=O. The smallest absolute Gasteiger partial charge is 0.254 e. The van der Waals surface area contributed by atoms with Gasteiger partial charge in [0.25, 0.3) is 5.91 Å². The Morgan fingerprint density at radius 3 is 2.81 bits per heavy atom. The Hall–Kier alpha value is -3.52. The fraction of sp³-hybridized carbons (Fsp3) is 0.217. The Morgan fingerprint density at radius 1 is 1.22 bits per heavy atom. The second-order valence-corrected chi connectivity index (χ2v) is 7.90. The molecule has 7 nitrogen and oxygen atoms in total. The van der Waals surface area contributed by atoms with Crippen molar-refractivity contribution in [3.8, 4) is 0 Å². The highest BCUT2D eigenvalue weighted by Crippen LogP contribution is 2.32. The maximum absolute atomic E-state index is 13.6. The van der Waals surface area contributed by atoms with Gasteiger partial charge in [-0.25, -0.2) is 4.39 Å². The zero-order valence-electron chi connectivity index (χ0n) is 17.2. The monoisotopic (exact) mass is 454 g/mol. The first-order valence-electron chi connectivity index (χ1n) is 10.1. The van der Waals surface area contributed by atoms with E-state index in [9.17, 15) is 18.8 Å². The van der Waals surface area contributed by atoms with Crippen LogP contribution in [0.5, 0.6) is 0 Å². The number of amides is 3. The summed E-state index contributed by atoms with van der Waals surface area (Å²) in [4.78, 5) is 43.8. The zero-order valence-corrected chi connectivity index (χ0v) is 17.9. The van der Waals surface area contributed by atoms with Crippen molar-refractivity contribution in [2.75, 3.05) is 25.0 Å². The van der Waals surface area contributed by atoms with Gasteiger partial charge < -0.3 is 15.5 Å². The van der Waals surface area contributed by atoms with Crippen molar-refractivity contribution in [2.45, 2.75) is 12.8 Å². The molecular formula is C23H20ClFN4O3. The van der Waals surface area contributed by atoms with Gasteiger partial charge in [0, 0.05) is 40.6 Å². The van der Waals surface area contributed by atoms with Crippen LogP contribution in [-0.2, 0) is 9.59 Å². The van der Waals surface area contributed by atoms with Gasteiger partial charge in [0.15, 0.2) is 0 Å². The van der Waals surface area contributed by atoms with E-state index in [1.807, 2.05) is 0 Å². The first kappa shape index (κ1) is 21.7. The molecule has 4 rings (SSSR count). The lowest BCUT2D eigenvalue weighted by atomic mass is 9.88. The number of benzene rings is 2. The van der Waals surface area contributed by atoms with Gasteiger partial charge in [-0.1, -0.05) is 11.6 Å². The molecule has 0 aliphatic carbocycles. The van der Waals surface area contributed by atoms with E-state index < -0.39 is 11.7 Å². The summed E-state index contributed by atoms with van der Waals surface area (Å²) < 4.78 is 13.6. The number of anilines is 1. The molecule has 0 radical (unpaired) electrons. The van der Waals surface area contributed by atoms with Gasteiger partial charge in [-0.15, -0.1) is 0 Å². The highest BCUT2D eigenvalue weighted by atomic mass is 35.5. The van der Waals surface area contributed by atoms with Gasteiger partial charge >= 0.3 is 0 Å². The summed E-state index contributed by atoms with van der Waals surface area (Å²) in [5.74, 6) is -2.20. The van der Waals surface area contributed by atoms with Crippen LogP contribution in [-0.4, -0.2) is 47.2 Å². The number of nitrogens with zero attached hydrogens (tertiary/aromatic N) is 2. The van der Waals surface area contributed by atoms with Crippen LogP contribution in [0.15, 0.2) is 48.8 Å². The Balaban J connectivity index is 1.67. The normalized spacial score (nSPS) is 15.4. The second kappa shape index (κ2) is 8.92. The van der Waals surface area contributed by atoms with E-state index >= 15 is 0 Å². The number of nitrogens with one attached hydrogen (secondary N) is 2. The van der Waals surface area contributed by atoms with Gasteiger partial charge in [0.2, 0.25) is 11.8 Å². The van der Waals surface area contributed by atoms with Crippen molar-refractivity contribution in [1.82, 2.24) is 15.2 Å². The molecule has 2 heterocycles. The van der Waals surface area contributed by atoms with Crippen LogP contribution >= 0.6 is 11.6 Å². The first-order valence-corrected chi connectivity index (χ1v) is 10.4. The van der Waals surface area contributed by atoms with E-state index in [2.05, 4.69) is 15.6 Å². The van der Waals surface area contributed by atoms with Crippen molar-refractivity contribution in [1.29, 1.82) is 0 Å². The van der Waals surface area contributed by atoms with Crippen LogP contribution in [0, 0.1) is 5.82 Å².